The van der Waals surface area contributed by atoms with Crippen LogP contribution in [0.4, 0.5) is 0 Å². The Balaban J connectivity index is 1.61. The van der Waals surface area contributed by atoms with Crippen LogP contribution in [0.25, 0.3) is 5.65 Å². The molecule has 0 radical (unpaired) electrons. The summed E-state index contributed by atoms with van der Waals surface area (Å²) in [6.45, 7) is 3.03. The van der Waals surface area contributed by atoms with Crippen LogP contribution in [0.3, 0.4) is 0 Å². The Labute approximate surface area is 162 Å². The van der Waals surface area contributed by atoms with E-state index in [0.717, 1.165) is 12.1 Å². The van der Waals surface area contributed by atoms with E-state index in [1.165, 1.54) is 11.2 Å². The molecule has 2 amide bonds. The molecule has 0 bridgehead atoms. The highest BCUT2D eigenvalue weighted by Gasteiger charge is 2.31. The first kappa shape index (κ1) is 18.0. The van der Waals surface area contributed by atoms with Gasteiger partial charge in [0.1, 0.15) is 11.9 Å². The SMILES string of the molecule is Cc1ncncc1C(=O)N1CC[C@H](c2ccnc3c(C(=O)N(C)C)cnn23)C1. The van der Waals surface area contributed by atoms with E-state index >= 15 is 0 Å². The first-order valence-electron chi connectivity index (χ1n) is 9.07. The molecule has 0 N–H and O–H groups in total. The lowest BCUT2D eigenvalue weighted by Crippen LogP contribution is -2.29. The van der Waals surface area contributed by atoms with Crippen LogP contribution < -0.4 is 0 Å². The van der Waals surface area contributed by atoms with Gasteiger partial charge in [-0.3, -0.25) is 9.59 Å². The topological polar surface area (TPSA) is 96.6 Å². The van der Waals surface area contributed by atoms with Crippen LogP contribution in [-0.4, -0.2) is 73.4 Å². The van der Waals surface area contributed by atoms with E-state index in [1.54, 1.807) is 37.2 Å². The molecule has 0 aromatic carbocycles. The summed E-state index contributed by atoms with van der Waals surface area (Å²) < 4.78 is 1.71. The molecule has 4 heterocycles. The maximum atomic E-state index is 12.8. The van der Waals surface area contributed by atoms with Crippen LogP contribution in [0.15, 0.2) is 31.0 Å². The number of carbonyl (C=O) groups excluding carboxylic acids is 2. The average molecular weight is 379 g/mol. The van der Waals surface area contributed by atoms with Crippen LogP contribution in [0.2, 0.25) is 0 Å². The highest BCUT2D eigenvalue weighted by atomic mass is 16.2. The molecule has 0 saturated carbocycles. The molecule has 3 aromatic heterocycles. The Morgan fingerprint density at radius 2 is 2.00 bits per heavy atom. The van der Waals surface area contributed by atoms with Gasteiger partial charge in [-0.25, -0.2) is 19.5 Å². The molecule has 0 spiro atoms. The molecule has 1 aliphatic heterocycles. The van der Waals surface area contributed by atoms with E-state index in [4.69, 9.17) is 0 Å². The minimum absolute atomic E-state index is 0.0603. The number of likely N-dealkylation sites (tertiary alicyclic amines) is 1. The van der Waals surface area contributed by atoms with Gasteiger partial charge in [-0.1, -0.05) is 0 Å². The summed E-state index contributed by atoms with van der Waals surface area (Å²) in [6, 6.07) is 1.90. The summed E-state index contributed by atoms with van der Waals surface area (Å²) in [5.74, 6) is -0.0844. The Hall–Kier alpha value is -3.36. The van der Waals surface area contributed by atoms with Gasteiger partial charge in [0.15, 0.2) is 5.65 Å². The van der Waals surface area contributed by atoms with Crippen LogP contribution >= 0.6 is 0 Å². The summed E-state index contributed by atoms with van der Waals surface area (Å²) in [5.41, 5.74) is 3.15. The predicted octanol–water partition coefficient (Wildman–Crippen LogP) is 1.16. The summed E-state index contributed by atoms with van der Waals surface area (Å²) in [6.07, 6.45) is 7.07. The van der Waals surface area contributed by atoms with Crippen molar-refractivity contribution >= 4 is 17.5 Å². The zero-order valence-electron chi connectivity index (χ0n) is 16.0. The second-order valence-electron chi connectivity index (χ2n) is 7.12. The fourth-order valence-corrected chi connectivity index (χ4v) is 3.57. The van der Waals surface area contributed by atoms with Gasteiger partial charge in [-0.15, -0.1) is 0 Å². The minimum Gasteiger partial charge on any atom is -0.345 e. The quantitative estimate of drug-likeness (QED) is 0.677. The van der Waals surface area contributed by atoms with E-state index in [0.29, 0.717) is 35.6 Å². The van der Waals surface area contributed by atoms with Crippen molar-refractivity contribution in [3.63, 3.8) is 0 Å². The number of carbonyl (C=O) groups is 2. The monoisotopic (exact) mass is 379 g/mol. The Bertz CT molecular complexity index is 1060. The molecule has 144 valence electrons. The van der Waals surface area contributed by atoms with E-state index in [-0.39, 0.29) is 17.7 Å². The smallest absolute Gasteiger partial charge is 0.258 e. The van der Waals surface area contributed by atoms with Gasteiger partial charge in [-0.2, -0.15) is 5.10 Å². The highest BCUT2D eigenvalue weighted by molar-refractivity contribution is 5.99. The van der Waals surface area contributed by atoms with Crippen LogP contribution in [0.1, 0.15) is 44.4 Å². The van der Waals surface area contributed by atoms with E-state index in [9.17, 15) is 9.59 Å². The first-order chi connectivity index (χ1) is 13.5. The lowest BCUT2D eigenvalue weighted by atomic mass is 10.0. The highest BCUT2D eigenvalue weighted by Crippen LogP contribution is 2.29. The summed E-state index contributed by atoms with van der Waals surface area (Å²) in [5, 5.41) is 4.39. The second kappa shape index (κ2) is 6.99. The Morgan fingerprint density at radius 3 is 2.75 bits per heavy atom. The number of hydrogen-bond donors (Lipinski definition) is 0. The van der Waals surface area contributed by atoms with Gasteiger partial charge in [0, 0.05) is 45.5 Å². The molecule has 0 aliphatic carbocycles. The van der Waals surface area contributed by atoms with Gasteiger partial charge < -0.3 is 9.80 Å². The maximum Gasteiger partial charge on any atom is 0.258 e. The van der Waals surface area contributed by atoms with E-state index < -0.39 is 0 Å². The van der Waals surface area contributed by atoms with Crippen molar-refractivity contribution in [2.75, 3.05) is 27.2 Å². The molecule has 3 aromatic rings. The third kappa shape index (κ3) is 2.98. The molecule has 1 aliphatic rings. The van der Waals surface area contributed by atoms with Gasteiger partial charge in [0.2, 0.25) is 0 Å². The van der Waals surface area contributed by atoms with Gasteiger partial charge in [-0.05, 0) is 19.4 Å². The normalized spacial score (nSPS) is 16.5. The summed E-state index contributed by atoms with van der Waals surface area (Å²) >= 11 is 0. The zero-order chi connectivity index (χ0) is 19.8. The van der Waals surface area contributed by atoms with Crippen LogP contribution in [0, 0.1) is 6.92 Å². The average Bonchev–Trinajstić information content (AvgIpc) is 3.34. The number of fused-ring (bicyclic) bond motifs is 1. The molecule has 28 heavy (non-hydrogen) atoms. The van der Waals surface area contributed by atoms with Crippen molar-refractivity contribution < 1.29 is 9.59 Å². The first-order valence-corrected chi connectivity index (χ1v) is 9.07. The molecule has 9 heteroatoms. The second-order valence-corrected chi connectivity index (χ2v) is 7.12. The number of rotatable bonds is 3. The van der Waals surface area contributed by atoms with Crippen LogP contribution in [0.5, 0.6) is 0 Å². The zero-order valence-corrected chi connectivity index (χ0v) is 16.0. The predicted molar refractivity (Wildman–Crippen MR) is 101 cm³/mol. The van der Waals surface area contributed by atoms with Crippen LogP contribution in [-0.2, 0) is 0 Å². The van der Waals surface area contributed by atoms with Crippen molar-refractivity contribution in [2.24, 2.45) is 0 Å². The third-order valence-corrected chi connectivity index (χ3v) is 5.10. The molecule has 0 unspecified atom stereocenters. The van der Waals surface area contributed by atoms with Crippen molar-refractivity contribution in [2.45, 2.75) is 19.3 Å². The number of nitrogens with zero attached hydrogens (tertiary/aromatic N) is 7. The standard InChI is InChI=1S/C19H21N7O2/c1-12-14(8-20-11-22-12)19(28)25-7-5-13(10-25)16-4-6-21-17-15(9-23-26(16)17)18(27)24(2)3/h4,6,8-9,11,13H,5,7,10H2,1-3H3/t13-/m0/s1. The number of aromatic nitrogens is 5. The molecule has 1 fully saturated rings. The summed E-state index contributed by atoms with van der Waals surface area (Å²) in [7, 11) is 3.40. The van der Waals surface area contributed by atoms with Gasteiger partial charge in [0.05, 0.1) is 23.1 Å². The fraction of sp³-hybridized carbons (Fsp3) is 0.368. The molecule has 9 nitrogen and oxygen atoms in total. The molecular weight excluding hydrogens is 358 g/mol. The van der Waals surface area contributed by atoms with Crippen molar-refractivity contribution in [3.8, 4) is 0 Å². The van der Waals surface area contributed by atoms with Crippen molar-refractivity contribution in [1.82, 2.24) is 34.4 Å². The van der Waals surface area contributed by atoms with Crippen molar-refractivity contribution in [1.29, 1.82) is 0 Å². The van der Waals surface area contributed by atoms with E-state index in [2.05, 4.69) is 20.1 Å². The van der Waals surface area contributed by atoms with E-state index in [1.807, 2.05) is 17.9 Å². The number of amides is 2. The molecule has 1 atom stereocenters. The third-order valence-electron chi connectivity index (χ3n) is 5.10. The fourth-order valence-electron chi connectivity index (χ4n) is 3.57. The summed E-state index contributed by atoms with van der Waals surface area (Å²) in [4.78, 5) is 40.9. The lowest BCUT2D eigenvalue weighted by molar-refractivity contribution is 0.0787. The lowest BCUT2D eigenvalue weighted by Gasteiger charge is -2.17. The maximum absolute atomic E-state index is 12.8. The molecule has 1 saturated heterocycles. The largest absolute Gasteiger partial charge is 0.345 e. The number of aryl methyl sites for hydroxylation is 1. The molecule has 4 rings (SSSR count). The van der Waals surface area contributed by atoms with Gasteiger partial charge >= 0.3 is 0 Å². The number of hydrogen-bond acceptors (Lipinski definition) is 6. The Morgan fingerprint density at radius 1 is 1.18 bits per heavy atom. The molecular formula is C19H21N7O2. The Kier molecular flexibility index (Phi) is 4.50. The minimum atomic E-state index is -0.137. The van der Waals surface area contributed by atoms with Gasteiger partial charge in [0.25, 0.3) is 11.8 Å². The van der Waals surface area contributed by atoms with Crippen molar-refractivity contribution in [3.05, 3.63) is 53.5 Å².